The number of hydrogen-bond donors (Lipinski definition) is 1. The Labute approximate surface area is 84.0 Å². The molecule has 0 aliphatic carbocycles. The third kappa shape index (κ3) is 3.19. The first-order valence-electron chi connectivity index (χ1n) is 3.23. The van der Waals surface area contributed by atoms with Gasteiger partial charge in [0.2, 0.25) is 0 Å². The summed E-state index contributed by atoms with van der Waals surface area (Å²) in [6, 6.07) is 0. The molecule has 1 aromatic heterocycles. The molecular formula is C7H7BrClN3. The van der Waals surface area contributed by atoms with E-state index in [0.29, 0.717) is 17.5 Å². The average Bonchev–Trinajstić information content (AvgIpc) is 2.01. The molecule has 0 aliphatic heterocycles. The number of rotatable bonds is 3. The highest BCUT2D eigenvalue weighted by Gasteiger charge is 1.94. The van der Waals surface area contributed by atoms with Crippen LogP contribution in [0.1, 0.15) is 0 Å². The molecule has 64 valence electrons. The van der Waals surface area contributed by atoms with Crippen molar-refractivity contribution in [2.24, 2.45) is 0 Å². The predicted octanol–water partition coefficient (Wildman–Crippen LogP) is 2.45. The molecule has 0 amide bonds. The Morgan fingerprint density at radius 3 is 3.00 bits per heavy atom. The monoisotopic (exact) mass is 247 g/mol. The Bertz CT molecular complexity index is 290. The lowest BCUT2D eigenvalue weighted by Crippen LogP contribution is -2.02. The van der Waals surface area contributed by atoms with Gasteiger partial charge in [0.25, 0.3) is 0 Å². The zero-order valence-electron chi connectivity index (χ0n) is 6.22. The van der Waals surface area contributed by atoms with Crippen molar-refractivity contribution < 1.29 is 0 Å². The molecule has 0 aliphatic rings. The molecule has 5 heteroatoms. The highest BCUT2D eigenvalue weighted by Crippen LogP contribution is 2.08. The first kappa shape index (κ1) is 9.48. The summed E-state index contributed by atoms with van der Waals surface area (Å²) in [5.41, 5.74) is 0. The van der Waals surface area contributed by atoms with Crippen LogP contribution in [0, 0.1) is 0 Å². The lowest BCUT2D eigenvalue weighted by atomic mass is 10.6. The van der Waals surface area contributed by atoms with Gasteiger partial charge in [0, 0.05) is 11.0 Å². The summed E-state index contributed by atoms with van der Waals surface area (Å²) in [6.45, 7) is 4.27. The largest absolute Gasteiger partial charge is 0.364 e. The van der Waals surface area contributed by atoms with Crippen molar-refractivity contribution in [3.8, 4) is 0 Å². The van der Waals surface area contributed by atoms with Gasteiger partial charge in [-0.1, -0.05) is 34.1 Å². The standard InChI is InChI=1S/C7H7BrClN3/c1-5(8)2-11-7-4-10-3-6(9)12-7/h3-4H,1-2H2,(H,11,12). The molecular weight excluding hydrogens is 241 g/mol. The maximum absolute atomic E-state index is 5.61. The van der Waals surface area contributed by atoms with Gasteiger partial charge in [0.1, 0.15) is 11.0 Å². The highest BCUT2D eigenvalue weighted by molar-refractivity contribution is 9.11. The average molecular weight is 249 g/mol. The molecule has 1 N–H and O–H groups in total. The third-order valence-electron chi connectivity index (χ3n) is 1.07. The van der Waals surface area contributed by atoms with E-state index >= 15 is 0 Å². The fourth-order valence-corrected chi connectivity index (χ4v) is 0.901. The van der Waals surface area contributed by atoms with E-state index in [0.717, 1.165) is 4.48 Å². The third-order valence-corrected chi connectivity index (χ3v) is 1.53. The van der Waals surface area contributed by atoms with Crippen molar-refractivity contribution in [1.82, 2.24) is 9.97 Å². The minimum atomic E-state index is 0.375. The van der Waals surface area contributed by atoms with E-state index < -0.39 is 0 Å². The molecule has 3 nitrogen and oxygen atoms in total. The molecule has 0 spiro atoms. The maximum Gasteiger partial charge on any atom is 0.149 e. The van der Waals surface area contributed by atoms with Gasteiger partial charge in [-0.3, -0.25) is 4.98 Å². The number of halogens is 2. The minimum absolute atomic E-state index is 0.375. The lowest BCUT2D eigenvalue weighted by molar-refractivity contribution is 1.16. The molecule has 0 unspecified atom stereocenters. The second kappa shape index (κ2) is 4.42. The normalized spacial score (nSPS) is 9.50. The van der Waals surface area contributed by atoms with Gasteiger partial charge in [0.05, 0.1) is 12.4 Å². The zero-order chi connectivity index (χ0) is 8.97. The Balaban J connectivity index is 2.57. The zero-order valence-corrected chi connectivity index (χ0v) is 8.56. The molecule has 1 rings (SSSR count). The van der Waals surface area contributed by atoms with Crippen LogP contribution in [-0.4, -0.2) is 16.5 Å². The Morgan fingerprint density at radius 1 is 1.67 bits per heavy atom. The summed E-state index contributed by atoms with van der Waals surface area (Å²) in [7, 11) is 0. The topological polar surface area (TPSA) is 37.8 Å². The summed E-state index contributed by atoms with van der Waals surface area (Å²) >= 11 is 8.82. The summed E-state index contributed by atoms with van der Waals surface area (Å²) in [6.07, 6.45) is 3.08. The van der Waals surface area contributed by atoms with Crippen molar-refractivity contribution in [2.45, 2.75) is 0 Å². The Hall–Kier alpha value is -0.610. The van der Waals surface area contributed by atoms with Gasteiger partial charge < -0.3 is 5.32 Å². The van der Waals surface area contributed by atoms with Crippen LogP contribution >= 0.6 is 27.5 Å². The van der Waals surface area contributed by atoms with E-state index in [4.69, 9.17) is 11.6 Å². The molecule has 0 bridgehead atoms. The second-order valence-electron chi connectivity index (χ2n) is 2.10. The van der Waals surface area contributed by atoms with Crippen LogP contribution in [0.5, 0.6) is 0 Å². The van der Waals surface area contributed by atoms with Gasteiger partial charge >= 0.3 is 0 Å². The number of aromatic nitrogens is 2. The summed E-state index contributed by atoms with van der Waals surface area (Å²) in [5, 5.41) is 3.36. The molecule has 0 atom stereocenters. The van der Waals surface area contributed by atoms with Crippen molar-refractivity contribution >= 4 is 33.3 Å². The van der Waals surface area contributed by atoms with Gasteiger partial charge in [-0.2, -0.15) is 0 Å². The van der Waals surface area contributed by atoms with Crippen molar-refractivity contribution in [3.63, 3.8) is 0 Å². The van der Waals surface area contributed by atoms with Gasteiger partial charge in [-0.25, -0.2) is 4.98 Å². The predicted molar refractivity (Wildman–Crippen MR) is 53.6 cm³/mol. The number of hydrogen-bond acceptors (Lipinski definition) is 3. The fourth-order valence-electron chi connectivity index (χ4n) is 0.614. The van der Waals surface area contributed by atoms with Crippen molar-refractivity contribution in [1.29, 1.82) is 0 Å². The molecule has 1 heterocycles. The summed E-state index contributed by atoms with van der Waals surface area (Å²) in [4.78, 5) is 7.84. The van der Waals surface area contributed by atoms with E-state index in [1.807, 2.05) is 0 Å². The number of anilines is 1. The lowest BCUT2D eigenvalue weighted by Gasteiger charge is -2.02. The number of nitrogens with one attached hydrogen (secondary N) is 1. The van der Waals surface area contributed by atoms with E-state index in [1.165, 1.54) is 6.20 Å². The summed E-state index contributed by atoms with van der Waals surface area (Å²) < 4.78 is 0.851. The smallest absolute Gasteiger partial charge is 0.149 e. The van der Waals surface area contributed by atoms with Crippen LogP contribution in [0.2, 0.25) is 5.15 Å². The van der Waals surface area contributed by atoms with E-state index in [-0.39, 0.29) is 0 Å². The van der Waals surface area contributed by atoms with E-state index in [1.54, 1.807) is 6.20 Å². The van der Waals surface area contributed by atoms with Crippen LogP contribution in [-0.2, 0) is 0 Å². The molecule has 0 saturated carbocycles. The molecule has 1 aromatic rings. The first-order valence-corrected chi connectivity index (χ1v) is 4.40. The van der Waals surface area contributed by atoms with Crippen LogP contribution in [0.25, 0.3) is 0 Å². The molecule has 0 radical (unpaired) electrons. The van der Waals surface area contributed by atoms with Crippen LogP contribution in [0.15, 0.2) is 23.5 Å². The van der Waals surface area contributed by atoms with Crippen molar-refractivity contribution in [3.05, 3.63) is 28.6 Å². The van der Waals surface area contributed by atoms with Gasteiger partial charge in [-0.15, -0.1) is 0 Å². The quantitative estimate of drug-likeness (QED) is 0.893. The Morgan fingerprint density at radius 2 is 2.42 bits per heavy atom. The molecule has 0 saturated heterocycles. The van der Waals surface area contributed by atoms with Crippen molar-refractivity contribution in [2.75, 3.05) is 11.9 Å². The van der Waals surface area contributed by atoms with Crippen LogP contribution in [0.3, 0.4) is 0 Å². The van der Waals surface area contributed by atoms with E-state index in [9.17, 15) is 0 Å². The molecule has 12 heavy (non-hydrogen) atoms. The Kier molecular flexibility index (Phi) is 3.49. The minimum Gasteiger partial charge on any atom is -0.364 e. The molecule has 0 aromatic carbocycles. The highest BCUT2D eigenvalue weighted by atomic mass is 79.9. The second-order valence-corrected chi connectivity index (χ2v) is 3.61. The molecule has 0 fully saturated rings. The fraction of sp³-hybridized carbons (Fsp3) is 0.143. The summed E-state index contributed by atoms with van der Waals surface area (Å²) in [5.74, 6) is 0.642. The van der Waals surface area contributed by atoms with Crippen LogP contribution < -0.4 is 5.32 Å². The number of nitrogens with zero attached hydrogens (tertiary/aromatic N) is 2. The SMILES string of the molecule is C=C(Br)CNc1cncc(Cl)n1. The van der Waals surface area contributed by atoms with Crippen LogP contribution in [0.4, 0.5) is 5.82 Å². The van der Waals surface area contributed by atoms with Gasteiger partial charge in [0.15, 0.2) is 0 Å². The van der Waals surface area contributed by atoms with E-state index in [2.05, 4.69) is 37.8 Å². The first-order chi connectivity index (χ1) is 5.68. The van der Waals surface area contributed by atoms with Gasteiger partial charge in [-0.05, 0) is 0 Å². The maximum atomic E-state index is 5.61.